The van der Waals surface area contributed by atoms with Crippen LogP contribution in [0.25, 0.3) is 0 Å². The maximum Gasteiger partial charge on any atom is 0.223 e. The number of rotatable bonds is 4. The number of benzene rings is 1. The lowest BCUT2D eigenvalue weighted by Crippen LogP contribution is -2.49. The van der Waals surface area contributed by atoms with Crippen LogP contribution in [-0.2, 0) is 9.36 Å². The van der Waals surface area contributed by atoms with Crippen molar-refractivity contribution in [2.75, 3.05) is 7.11 Å². The van der Waals surface area contributed by atoms with E-state index in [1.165, 1.54) is 24.8 Å². The molecule has 1 saturated carbocycles. The Labute approximate surface area is 146 Å². The minimum atomic E-state index is -1.77. The lowest BCUT2D eigenvalue weighted by atomic mass is 9.73. The fraction of sp³-hybridized carbons (Fsp3) is 0.579. The van der Waals surface area contributed by atoms with Gasteiger partial charge >= 0.3 is 0 Å². The van der Waals surface area contributed by atoms with E-state index < -0.39 is 8.32 Å². The van der Waals surface area contributed by atoms with E-state index in [0.29, 0.717) is 5.92 Å². The summed E-state index contributed by atoms with van der Waals surface area (Å²) in [6.07, 6.45) is 4.98. The van der Waals surface area contributed by atoms with Crippen molar-refractivity contribution in [1.82, 2.24) is 5.23 Å². The van der Waals surface area contributed by atoms with Crippen LogP contribution in [0.3, 0.4) is 0 Å². The van der Waals surface area contributed by atoms with Crippen molar-refractivity contribution in [3.63, 3.8) is 0 Å². The third-order valence-corrected chi connectivity index (χ3v) is 5.55. The fourth-order valence-corrected chi connectivity index (χ4v) is 4.43. The molecule has 0 aromatic heterocycles. The standard InChI is InChI=1S/C19H29NO3Si/c1-14-19(15-10-12-16(21-2)13-11-15)17-8-6-7-9-18(17)22-20(14)23-24(3,4)5/h10-13,17-19H,1,6-9H2,2-5H3/t17-,18+,19+/m1/s1. The molecule has 132 valence electrons. The first-order valence-electron chi connectivity index (χ1n) is 8.88. The molecular formula is C19H29NO3Si. The summed E-state index contributed by atoms with van der Waals surface area (Å²) in [7, 11) is -0.0706. The second kappa shape index (κ2) is 6.90. The molecule has 2 fully saturated rings. The van der Waals surface area contributed by atoms with Gasteiger partial charge in [-0.1, -0.05) is 31.6 Å². The number of hydrogen-bond donors (Lipinski definition) is 0. The molecule has 0 bridgehead atoms. The van der Waals surface area contributed by atoms with Crippen LogP contribution in [0.4, 0.5) is 0 Å². The third kappa shape index (κ3) is 3.68. The minimum absolute atomic E-state index is 0.215. The maximum absolute atomic E-state index is 6.20. The van der Waals surface area contributed by atoms with Crippen LogP contribution >= 0.6 is 0 Å². The van der Waals surface area contributed by atoms with Crippen LogP contribution in [0, 0.1) is 5.92 Å². The number of allylic oxidation sites excluding steroid dienone is 1. The van der Waals surface area contributed by atoms with E-state index in [0.717, 1.165) is 17.9 Å². The number of methoxy groups -OCH3 is 1. The zero-order chi connectivity index (χ0) is 17.3. The molecule has 0 radical (unpaired) electrons. The first kappa shape index (κ1) is 17.5. The second-order valence-corrected chi connectivity index (χ2v) is 12.2. The largest absolute Gasteiger partial charge is 0.497 e. The van der Waals surface area contributed by atoms with Crippen molar-refractivity contribution in [3.05, 3.63) is 42.1 Å². The highest BCUT2D eigenvalue weighted by Gasteiger charge is 2.44. The summed E-state index contributed by atoms with van der Waals surface area (Å²) in [5.41, 5.74) is 2.19. The molecule has 1 aromatic carbocycles. The number of nitrogens with zero attached hydrogens (tertiary/aromatic N) is 1. The van der Waals surface area contributed by atoms with E-state index in [4.69, 9.17) is 14.1 Å². The minimum Gasteiger partial charge on any atom is -0.497 e. The van der Waals surface area contributed by atoms with Crippen LogP contribution < -0.4 is 4.74 Å². The van der Waals surface area contributed by atoms with E-state index in [1.807, 2.05) is 12.1 Å². The van der Waals surface area contributed by atoms with Crippen LogP contribution in [0.5, 0.6) is 5.75 Å². The molecule has 4 nitrogen and oxygen atoms in total. The molecule has 1 saturated heterocycles. The Morgan fingerprint density at radius 1 is 1.12 bits per heavy atom. The van der Waals surface area contributed by atoms with E-state index in [2.05, 4.69) is 38.4 Å². The van der Waals surface area contributed by atoms with Crippen molar-refractivity contribution in [1.29, 1.82) is 0 Å². The number of hydroxylamine groups is 2. The van der Waals surface area contributed by atoms with Gasteiger partial charge in [0.25, 0.3) is 0 Å². The summed E-state index contributed by atoms with van der Waals surface area (Å²) in [5, 5.41) is 1.65. The third-order valence-electron chi connectivity index (χ3n) is 4.84. The zero-order valence-electron chi connectivity index (χ0n) is 15.2. The van der Waals surface area contributed by atoms with Gasteiger partial charge in [0.2, 0.25) is 8.32 Å². The van der Waals surface area contributed by atoms with Gasteiger partial charge in [-0.2, -0.15) is 0 Å². The molecule has 2 aliphatic rings. The maximum atomic E-state index is 6.20. The van der Waals surface area contributed by atoms with Crippen molar-refractivity contribution in [2.45, 2.75) is 57.3 Å². The van der Waals surface area contributed by atoms with E-state index in [1.54, 1.807) is 12.3 Å². The molecule has 1 heterocycles. The van der Waals surface area contributed by atoms with Gasteiger partial charge in [0, 0.05) is 11.8 Å². The Kier molecular flexibility index (Phi) is 5.04. The van der Waals surface area contributed by atoms with Crippen LogP contribution in [0.1, 0.15) is 37.2 Å². The fourth-order valence-electron chi connectivity index (χ4n) is 3.77. The monoisotopic (exact) mass is 347 g/mol. The van der Waals surface area contributed by atoms with Crippen molar-refractivity contribution in [3.8, 4) is 5.75 Å². The molecule has 1 aromatic rings. The molecule has 24 heavy (non-hydrogen) atoms. The summed E-state index contributed by atoms with van der Waals surface area (Å²) < 4.78 is 11.5. The lowest BCUT2D eigenvalue weighted by Gasteiger charge is -2.48. The van der Waals surface area contributed by atoms with Gasteiger partial charge in [0.05, 0.1) is 18.9 Å². The molecule has 5 heteroatoms. The first-order valence-corrected chi connectivity index (χ1v) is 12.3. The SMILES string of the molecule is C=C1[C@@H](c2ccc(OC)cc2)[C@@H]2CCCC[C@@H]2ON1O[Si](C)(C)C. The zero-order valence-corrected chi connectivity index (χ0v) is 16.2. The summed E-state index contributed by atoms with van der Waals surface area (Å²) in [6, 6.07) is 8.36. The summed E-state index contributed by atoms with van der Waals surface area (Å²) in [4.78, 5) is 6.20. The predicted octanol–water partition coefficient (Wildman–Crippen LogP) is 4.87. The summed E-state index contributed by atoms with van der Waals surface area (Å²) in [5.74, 6) is 1.60. The van der Waals surface area contributed by atoms with Gasteiger partial charge in [0.1, 0.15) is 5.75 Å². The van der Waals surface area contributed by atoms with E-state index in [-0.39, 0.29) is 12.0 Å². The Balaban J connectivity index is 1.90. The van der Waals surface area contributed by atoms with E-state index >= 15 is 0 Å². The molecule has 0 N–H and O–H groups in total. The predicted molar refractivity (Wildman–Crippen MR) is 98.0 cm³/mol. The van der Waals surface area contributed by atoms with Crippen molar-refractivity contribution < 1.29 is 14.1 Å². The van der Waals surface area contributed by atoms with Gasteiger partial charge in [-0.3, -0.25) is 4.53 Å². The quantitative estimate of drug-likeness (QED) is 0.728. The number of fused-ring (bicyclic) bond motifs is 1. The molecule has 0 unspecified atom stereocenters. The Hall–Kier alpha value is -1.30. The summed E-state index contributed by atoms with van der Waals surface area (Å²) in [6.45, 7) is 10.8. The Morgan fingerprint density at radius 3 is 2.42 bits per heavy atom. The van der Waals surface area contributed by atoms with Crippen LogP contribution in [0.15, 0.2) is 36.5 Å². The highest BCUT2D eigenvalue weighted by molar-refractivity contribution is 6.69. The average molecular weight is 348 g/mol. The molecular weight excluding hydrogens is 318 g/mol. The first-order chi connectivity index (χ1) is 11.4. The smallest absolute Gasteiger partial charge is 0.223 e. The normalized spacial score (nSPS) is 27.8. The topological polar surface area (TPSA) is 30.9 Å². The van der Waals surface area contributed by atoms with Crippen LogP contribution in [-0.4, -0.2) is 26.8 Å². The van der Waals surface area contributed by atoms with Gasteiger partial charge in [0.15, 0.2) is 0 Å². The van der Waals surface area contributed by atoms with Gasteiger partial charge < -0.3 is 4.74 Å². The van der Waals surface area contributed by atoms with Gasteiger partial charge in [-0.15, -0.1) is 5.23 Å². The molecule has 3 rings (SSSR count). The lowest BCUT2D eigenvalue weighted by molar-refractivity contribution is -0.353. The van der Waals surface area contributed by atoms with Gasteiger partial charge in [-0.05, 0) is 50.2 Å². The molecule has 1 aliphatic heterocycles. The second-order valence-electron chi connectivity index (χ2n) is 7.80. The highest BCUT2D eigenvalue weighted by Crippen LogP contribution is 2.47. The number of hydrogen-bond acceptors (Lipinski definition) is 4. The molecule has 0 spiro atoms. The summed E-state index contributed by atoms with van der Waals surface area (Å²) >= 11 is 0. The average Bonchev–Trinajstić information content (AvgIpc) is 2.55. The Bertz CT molecular complexity index is 581. The molecule has 1 aliphatic carbocycles. The Morgan fingerprint density at radius 2 is 1.79 bits per heavy atom. The van der Waals surface area contributed by atoms with Gasteiger partial charge in [-0.25, -0.2) is 4.84 Å². The molecule has 0 amide bonds. The highest BCUT2D eigenvalue weighted by atomic mass is 28.4. The van der Waals surface area contributed by atoms with Crippen molar-refractivity contribution in [2.24, 2.45) is 5.92 Å². The number of ether oxygens (including phenoxy) is 1. The molecule has 3 atom stereocenters. The van der Waals surface area contributed by atoms with E-state index in [9.17, 15) is 0 Å². The van der Waals surface area contributed by atoms with Crippen LogP contribution in [0.2, 0.25) is 19.6 Å². The van der Waals surface area contributed by atoms with Crippen molar-refractivity contribution >= 4 is 8.32 Å².